The third kappa shape index (κ3) is 4.39. The van der Waals surface area contributed by atoms with Crippen molar-refractivity contribution in [3.8, 4) is 16.9 Å². The Morgan fingerprint density at radius 3 is 2.53 bits per heavy atom. The van der Waals surface area contributed by atoms with Crippen LogP contribution in [-0.4, -0.2) is 21.9 Å². The molecular weight excluding hydrogens is 398 g/mol. The van der Waals surface area contributed by atoms with Gasteiger partial charge in [0.05, 0.1) is 11.9 Å². The number of rotatable bonds is 5. The number of anilines is 1. The number of hydrazone groups is 1. The molecule has 0 fully saturated rings. The molecule has 4 aromatic rings. The lowest BCUT2D eigenvalue weighted by Gasteiger charge is -2.01. The van der Waals surface area contributed by atoms with E-state index in [9.17, 15) is 4.79 Å². The highest BCUT2D eigenvalue weighted by molar-refractivity contribution is 6.30. The van der Waals surface area contributed by atoms with Gasteiger partial charge < -0.3 is 5.73 Å². The van der Waals surface area contributed by atoms with Gasteiger partial charge in [-0.25, -0.2) is 10.1 Å². The molecule has 0 bridgehead atoms. The van der Waals surface area contributed by atoms with Gasteiger partial charge in [-0.05, 0) is 48.5 Å². The second kappa shape index (κ2) is 8.63. The summed E-state index contributed by atoms with van der Waals surface area (Å²) in [5, 5.41) is 9.42. The van der Waals surface area contributed by atoms with E-state index in [-0.39, 0.29) is 5.91 Å². The van der Waals surface area contributed by atoms with Crippen LogP contribution >= 0.6 is 11.6 Å². The SMILES string of the molecule is Nc1ccc(C(=O)N/N=C\c2cn(-c3ccccc3)nc2-c2cccc(Cl)c2)cc1. The number of benzene rings is 3. The van der Waals surface area contributed by atoms with Crippen LogP contribution in [0.4, 0.5) is 5.69 Å². The maximum absolute atomic E-state index is 12.3. The number of nitrogens with two attached hydrogens (primary N) is 1. The first-order chi connectivity index (χ1) is 14.6. The molecule has 6 nitrogen and oxygen atoms in total. The summed E-state index contributed by atoms with van der Waals surface area (Å²) in [6.07, 6.45) is 3.42. The van der Waals surface area contributed by atoms with E-state index in [0.717, 1.165) is 16.8 Å². The number of para-hydroxylation sites is 1. The van der Waals surface area contributed by atoms with E-state index in [2.05, 4.69) is 10.5 Å². The minimum atomic E-state index is -0.328. The van der Waals surface area contributed by atoms with Crippen LogP contribution in [0.3, 0.4) is 0 Å². The zero-order valence-electron chi connectivity index (χ0n) is 15.9. The molecule has 7 heteroatoms. The molecule has 0 aliphatic carbocycles. The van der Waals surface area contributed by atoms with E-state index in [0.29, 0.717) is 22.0 Å². The zero-order chi connectivity index (χ0) is 20.9. The van der Waals surface area contributed by atoms with Crippen molar-refractivity contribution in [1.82, 2.24) is 15.2 Å². The van der Waals surface area contributed by atoms with Crippen LogP contribution in [0.15, 0.2) is 90.2 Å². The minimum absolute atomic E-state index is 0.328. The quantitative estimate of drug-likeness (QED) is 0.285. The zero-order valence-corrected chi connectivity index (χ0v) is 16.6. The van der Waals surface area contributed by atoms with Crippen molar-refractivity contribution in [3.05, 3.63) is 101 Å². The van der Waals surface area contributed by atoms with Gasteiger partial charge >= 0.3 is 0 Å². The molecule has 0 saturated carbocycles. The van der Waals surface area contributed by atoms with Crippen LogP contribution < -0.4 is 11.2 Å². The first-order valence-corrected chi connectivity index (χ1v) is 9.58. The highest BCUT2D eigenvalue weighted by Gasteiger charge is 2.12. The second-order valence-electron chi connectivity index (χ2n) is 6.54. The Morgan fingerprint density at radius 1 is 1.03 bits per heavy atom. The van der Waals surface area contributed by atoms with Crippen LogP contribution in [0.25, 0.3) is 16.9 Å². The van der Waals surface area contributed by atoms with Crippen molar-refractivity contribution in [2.75, 3.05) is 5.73 Å². The number of carbonyl (C=O) groups is 1. The number of nitrogens with zero attached hydrogens (tertiary/aromatic N) is 3. The molecule has 0 aliphatic heterocycles. The number of carbonyl (C=O) groups excluding carboxylic acids is 1. The van der Waals surface area contributed by atoms with Crippen molar-refractivity contribution in [1.29, 1.82) is 0 Å². The Morgan fingerprint density at radius 2 is 1.80 bits per heavy atom. The van der Waals surface area contributed by atoms with E-state index in [4.69, 9.17) is 22.4 Å². The van der Waals surface area contributed by atoms with Crippen LogP contribution in [0.5, 0.6) is 0 Å². The molecule has 1 heterocycles. The number of hydrogen-bond acceptors (Lipinski definition) is 4. The Hall–Kier alpha value is -3.90. The summed E-state index contributed by atoms with van der Waals surface area (Å²) in [4.78, 5) is 12.3. The van der Waals surface area contributed by atoms with Gasteiger partial charge in [-0.2, -0.15) is 10.2 Å². The number of amides is 1. The normalized spacial score (nSPS) is 11.0. The van der Waals surface area contributed by atoms with E-state index < -0.39 is 0 Å². The molecule has 4 rings (SSSR count). The smallest absolute Gasteiger partial charge is 0.271 e. The van der Waals surface area contributed by atoms with Gasteiger partial charge in [0.15, 0.2) is 0 Å². The summed E-state index contributed by atoms with van der Waals surface area (Å²) in [6.45, 7) is 0. The van der Waals surface area contributed by atoms with E-state index in [1.54, 1.807) is 41.2 Å². The third-order valence-electron chi connectivity index (χ3n) is 4.40. The molecule has 1 amide bonds. The fourth-order valence-electron chi connectivity index (χ4n) is 2.91. The van der Waals surface area contributed by atoms with Gasteiger partial charge in [0, 0.05) is 33.6 Å². The monoisotopic (exact) mass is 415 g/mol. The maximum atomic E-state index is 12.3. The number of nitrogens with one attached hydrogen (secondary N) is 1. The minimum Gasteiger partial charge on any atom is -0.399 e. The summed E-state index contributed by atoms with van der Waals surface area (Å²) in [5.74, 6) is -0.328. The molecule has 0 radical (unpaired) electrons. The van der Waals surface area contributed by atoms with Crippen molar-refractivity contribution in [3.63, 3.8) is 0 Å². The van der Waals surface area contributed by atoms with Crippen molar-refractivity contribution >= 4 is 29.4 Å². The van der Waals surface area contributed by atoms with Crippen LogP contribution in [-0.2, 0) is 0 Å². The summed E-state index contributed by atoms with van der Waals surface area (Å²) >= 11 is 6.16. The lowest BCUT2D eigenvalue weighted by molar-refractivity contribution is 0.0955. The lowest BCUT2D eigenvalue weighted by atomic mass is 10.1. The van der Waals surface area contributed by atoms with Crippen LogP contribution in [0.1, 0.15) is 15.9 Å². The standard InChI is InChI=1S/C23H18ClN5O/c24-19-6-4-5-17(13-19)22-18(15-29(28-22)21-7-2-1-3-8-21)14-26-27-23(30)16-9-11-20(25)12-10-16/h1-15H,25H2,(H,27,30)/b26-14-. The van der Waals surface area contributed by atoms with E-state index >= 15 is 0 Å². The summed E-state index contributed by atoms with van der Waals surface area (Å²) < 4.78 is 1.76. The van der Waals surface area contributed by atoms with Gasteiger partial charge in [-0.1, -0.05) is 41.9 Å². The molecule has 3 N–H and O–H groups in total. The number of aromatic nitrogens is 2. The summed E-state index contributed by atoms with van der Waals surface area (Å²) in [6, 6.07) is 23.8. The van der Waals surface area contributed by atoms with E-state index in [1.165, 1.54) is 0 Å². The molecule has 3 aromatic carbocycles. The first-order valence-electron chi connectivity index (χ1n) is 9.20. The van der Waals surface area contributed by atoms with Gasteiger partial charge in [0.2, 0.25) is 0 Å². The van der Waals surface area contributed by atoms with Gasteiger partial charge in [0.1, 0.15) is 5.69 Å². The average molecular weight is 416 g/mol. The van der Waals surface area contributed by atoms with Crippen LogP contribution in [0.2, 0.25) is 5.02 Å². The Balaban J connectivity index is 1.64. The predicted octanol–water partition coefficient (Wildman–Crippen LogP) is 4.54. The predicted molar refractivity (Wildman–Crippen MR) is 120 cm³/mol. The maximum Gasteiger partial charge on any atom is 0.271 e. The Labute approximate surface area is 178 Å². The molecule has 0 atom stereocenters. The van der Waals surface area contributed by atoms with Gasteiger partial charge in [-0.3, -0.25) is 4.79 Å². The van der Waals surface area contributed by atoms with Crippen molar-refractivity contribution < 1.29 is 4.79 Å². The summed E-state index contributed by atoms with van der Waals surface area (Å²) in [5.41, 5.74) is 12.4. The van der Waals surface area contributed by atoms with E-state index in [1.807, 2.05) is 54.7 Å². The largest absolute Gasteiger partial charge is 0.399 e. The molecule has 0 aliphatic rings. The highest BCUT2D eigenvalue weighted by Crippen LogP contribution is 2.25. The number of halogens is 1. The molecule has 30 heavy (non-hydrogen) atoms. The fourth-order valence-corrected chi connectivity index (χ4v) is 3.10. The lowest BCUT2D eigenvalue weighted by Crippen LogP contribution is -2.17. The van der Waals surface area contributed by atoms with Crippen LogP contribution in [0, 0.1) is 0 Å². The Kier molecular flexibility index (Phi) is 5.59. The summed E-state index contributed by atoms with van der Waals surface area (Å²) in [7, 11) is 0. The fraction of sp³-hybridized carbons (Fsp3) is 0. The van der Waals surface area contributed by atoms with Crippen molar-refractivity contribution in [2.24, 2.45) is 5.10 Å². The molecule has 1 aromatic heterocycles. The highest BCUT2D eigenvalue weighted by atomic mass is 35.5. The Bertz CT molecular complexity index is 1200. The second-order valence-corrected chi connectivity index (χ2v) is 6.98. The molecule has 0 spiro atoms. The first kappa shape index (κ1) is 19.4. The van der Waals surface area contributed by atoms with Gasteiger partial charge in [0.25, 0.3) is 5.91 Å². The third-order valence-corrected chi connectivity index (χ3v) is 4.64. The molecule has 0 saturated heterocycles. The van der Waals surface area contributed by atoms with Crippen molar-refractivity contribution in [2.45, 2.75) is 0 Å². The topological polar surface area (TPSA) is 85.3 Å². The number of hydrogen-bond donors (Lipinski definition) is 2. The molecular formula is C23H18ClN5O. The number of nitrogen functional groups attached to an aromatic ring is 1. The molecule has 148 valence electrons. The molecule has 0 unspecified atom stereocenters. The average Bonchev–Trinajstić information content (AvgIpc) is 3.19. The van der Waals surface area contributed by atoms with Gasteiger partial charge in [-0.15, -0.1) is 0 Å².